The number of rotatable bonds is 7. The summed E-state index contributed by atoms with van der Waals surface area (Å²) < 4.78 is 0. The molecule has 4 heteroatoms. The standard InChI is InChI=1S/C17H23NS3/c1-2-7-18-15(4-3-13-5-8-19-11-13)17-10-14-12-20-9-6-16(14)21-17/h5,8,10-11,15,18H,2-4,6-7,9,12H2,1H3. The lowest BCUT2D eigenvalue weighted by atomic mass is 10.1. The third-order valence-corrected chi connectivity index (χ3v) is 7.02. The zero-order chi connectivity index (χ0) is 14.5. The Balaban J connectivity index is 1.69. The molecule has 3 heterocycles. The predicted octanol–water partition coefficient (Wildman–Crippen LogP) is 5.27. The lowest BCUT2D eigenvalue weighted by Crippen LogP contribution is -2.21. The van der Waals surface area contributed by atoms with Crippen LogP contribution in [-0.2, 0) is 18.6 Å². The Morgan fingerprint density at radius 3 is 3.10 bits per heavy atom. The molecule has 0 amide bonds. The first-order valence-electron chi connectivity index (χ1n) is 7.80. The van der Waals surface area contributed by atoms with Gasteiger partial charge in [0.25, 0.3) is 0 Å². The molecule has 21 heavy (non-hydrogen) atoms. The summed E-state index contributed by atoms with van der Waals surface area (Å²) in [6, 6.07) is 5.27. The molecule has 1 N–H and O–H groups in total. The van der Waals surface area contributed by atoms with E-state index in [9.17, 15) is 0 Å². The molecule has 0 aliphatic carbocycles. The summed E-state index contributed by atoms with van der Waals surface area (Å²) in [5.74, 6) is 2.52. The molecular weight excluding hydrogens is 314 g/mol. The Kier molecular flexibility index (Phi) is 5.81. The quantitative estimate of drug-likeness (QED) is 0.738. The number of hydrogen-bond acceptors (Lipinski definition) is 4. The topological polar surface area (TPSA) is 12.0 Å². The molecule has 1 aliphatic rings. The highest BCUT2D eigenvalue weighted by Crippen LogP contribution is 2.35. The van der Waals surface area contributed by atoms with Crippen LogP contribution in [0.3, 0.4) is 0 Å². The van der Waals surface area contributed by atoms with Crippen molar-refractivity contribution in [2.24, 2.45) is 0 Å². The minimum Gasteiger partial charge on any atom is -0.309 e. The van der Waals surface area contributed by atoms with Crippen molar-refractivity contribution in [2.45, 2.75) is 44.4 Å². The molecule has 2 aromatic heterocycles. The highest BCUT2D eigenvalue weighted by atomic mass is 32.2. The summed E-state index contributed by atoms with van der Waals surface area (Å²) in [5.41, 5.74) is 3.09. The van der Waals surface area contributed by atoms with Gasteiger partial charge in [-0.2, -0.15) is 23.1 Å². The van der Waals surface area contributed by atoms with E-state index in [0.717, 1.165) is 6.54 Å². The first-order valence-corrected chi connectivity index (χ1v) is 10.7. The van der Waals surface area contributed by atoms with Crippen molar-refractivity contribution < 1.29 is 0 Å². The van der Waals surface area contributed by atoms with Crippen molar-refractivity contribution in [3.63, 3.8) is 0 Å². The highest BCUT2D eigenvalue weighted by Gasteiger charge is 2.19. The molecule has 0 saturated carbocycles. The van der Waals surface area contributed by atoms with E-state index in [0.29, 0.717) is 6.04 Å². The Morgan fingerprint density at radius 2 is 2.33 bits per heavy atom. The van der Waals surface area contributed by atoms with Crippen LogP contribution in [0.5, 0.6) is 0 Å². The third kappa shape index (κ3) is 4.13. The van der Waals surface area contributed by atoms with Gasteiger partial charge in [-0.1, -0.05) is 6.92 Å². The SMILES string of the molecule is CCCNC(CCc1ccsc1)c1cc2c(s1)CCSC2. The summed E-state index contributed by atoms with van der Waals surface area (Å²) in [7, 11) is 0. The summed E-state index contributed by atoms with van der Waals surface area (Å²) in [4.78, 5) is 3.20. The van der Waals surface area contributed by atoms with Gasteiger partial charge in [0.2, 0.25) is 0 Å². The normalized spacial score (nSPS) is 15.9. The van der Waals surface area contributed by atoms with Crippen LogP contribution in [0, 0.1) is 0 Å². The first kappa shape index (κ1) is 15.6. The molecule has 1 nitrogen and oxygen atoms in total. The van der Waals surface area contributed by atoms with Gasteiger partial charge < -0.3 is 5.32 Å². The summed E-state index contributed by atoms with van der Waals surface area (Å²) in [6.07, 6.45) is 4.87. The minimum atomic E-state index is 0.533. The van der Waals surface area contributed by atoms with Crippen molar-refractivity contribution >= 4 is 34.4 Å². The van der Waals surface area contributed by atoms with Crippen LogP contribution >= 0.6 is 34.4 Å². The number of thiophene rings is 2. The highest BCUT2D eigenvalue weighted by molar-refractivity contribution is 7.98. The lowest BCUT2D eigenvalue weighted by molar-refractivity contribution is 0.506. The molecule has 0 bridgehead atoms. The van der Waals surface area contributed by atoms with Gasteiger partial charge >= 0.3 is 0 Å². The van der Waals surface area contributed by atoms with Crippen molar-refractivity contribution in [1.29, 1.82) is 0 Å². The lowest BCUT2D eigenvalue weighted by Gasteiger charge is -2.16. The largest absolute Gasteiger partial charge is 0.309 e. The minimum absolute atomic E-state index is 0.533. The van der Waals surface area contributed by atoms with Crippen LogP contribution in [0.2, 0.25) is 0 Å². The van der Waals surface area contributed by atoms with E-state index in [1.165, 1.54) is 42.8 Å². The van der Waals surface area contributed by atoms with Gasteiger partial charge in [0.15, 0.2) is 0 Å². The number of nitrogens with one attached hydrogen (secondary N) is 1. The Bertz CT molecular complexity index is 521. The van der Waals surface area contributed by atoms with E-state index in [1.54, 1.807) is 26.7 Å². The average Bonchev–Trinajstić information content (AvgIpc) is 3.16. The van der Waals surface area contributed by atoms with Gasteiger partial charge in [-0.05, 0) is 72.0 Å². The Morgan fingerprint density at radius 1 is 1.38 bits per heavy atom. The summed E-state index contributed by atoms with van der Waals surface area (Å²) >= 11 is 5.94. The van der Waals surface area contributed by atoms with Crippen LogP contribution in [0.25, 0.3) is 0 Å². The zero-order valence-corrected chi connectivity index (χ0v) is 15.0. The van der Waals surface area contributed by atoms with Gasteiger partial charge in [0.05, 0.1) is 0 Å². The molecule has 114 valence electrons. The summed E-state index contributed by atoms with van der Waals surface area (Å²) in [5, 5.41) is 8.23. The zero-order valence-electron chi connectivity index (χ0n) is 12.6. The molecular formula is C17H23NS3. The Labute approximate surface area is 140 Å². The van der Waals surface area contributed by atoms with Crippen molar-refractivity contribution in [1.82, 2.24) is 5.32 Å². The van der Waals surface area contributed by atoms with Gasteiger partial charge in [0.1, 0.15) is 0 Å². The molecule has 0 aromatic carbocycles. The fourth-order valence-corrected chi connectivity index (χ4v) is 5.94. The monoisotopic (exact) mass is 337 g/mol. The molecule has 1 unspecified atom stereocenters. The second-order valence-electron chi connectivity index (χ2n) is 5.58. The molecule has 0 fully saturated rings. The van der Waals surface area contributed by atoms with Gasteiger partial charge in [-0.3, -0.25) is 0 Å². The smallest absolute Gasteiger partial charge is 0.0418 e. The van der Waals surface area contributed by atoms with Gasteiger partial charge in [0, 0.05) is 21.5 Å². The molecule has 1 atom stereocenters. The fourth-order valence-electron chi connectivity index (χ4n) is 2.75. The van der Waals surface area contributed by atoms with E-state index in [4.69, 9.17) is 0 Å². The van der Waals surface area contributed by atoms with Crippen molar-refractivity contribution in [3.05, 3.63) is 43.8 Å². The number of fused-ring (bicyclic) bond motifs is 1. The predicted molar refractivity (Wildman–Crippen MR) is 97.9 cm³/mol. The third-order valence-electron chi connectivity index (χ3n) is 3.93. The van der Waals surface area contributed by atoms with Crippen molar-refractivity contribution in [2.75, 3.05) is 12.3 Å². The molecule has 2 aromatic rings. The van der Waals surface area contributed by atoms with Crippen LogP contribution in [0.1, 0.15) is 46.7 Å². The van der Waals surface area contributed by atoms with Gasteiger partial charge in [-0.15, -0.1) is 11.3 Å². The second kappa shape index (κ2) is 7.82. The second-order valence-corrected chi connectivity index (χ2v) is 8.63. The fraction of sp³-hybridized carbons (Fsp3) is 0.529. The number of thioether (sulfide) groups is 1. The maximum Gasteiger partial charge on any atom is 0.0418 e. The molecule has 1 aliphatic heterocycles. The van der Waals surface area contributed by atoms with E-state index in [1.807, 2.05) is 0 Å². The van der Waals surface area contributed by atoms with E-state index in [2.05, 4.69) is 58.2 Å². The summed E-state index contributed by atoms with van der Waals surface area (Å²) in [6.45, 7) is 3.37. The van der Waals surface area contributed by atoms with E-state index < -0.39 is 0 Å². The van der Waals surface area contributed by atoms with Crippen LogP contribution < -0.4 is 5.32 Å². The molecule has 0 radical (unpaired) electrons. The average molecular weight is 338 g/mol. The van der Waals surface area contributed by atoms with Crippen LogP contribution in [0.4, 0.5) is 0 Å². The molecule has 3 rings (SSSR count). The van der Waals surface area contributed by atoms with E-state index >= 15 is 0 Å². The molecule has 0 spiro atoms. The molecule has 0 saturated heterocycles. The number of aryl methyl sites for hydroxylation is 2. The van der Waals surface area contributed by atoms with Crippen LogP contribution in [-0.4, -0.2) is 12.3 Å². The number of hydrogen-bond donors (Lipinski definition) is 1. The maximum atomic E-state index is 3.76. The first-order chi connectivity index (χ1) is 10.4. The van der Waals surface area contributed by atoms with Gasteiger partial charge in [-0.25, -0.2) is 0 Å². The van der Waals surface area contributed by atoms with Crippen molar-refractivity contribution in [3.8, 4) is 0 Å². The Hall–Kier alpha value is -0.290. The van der Waals surface area contributed by atoms with E-state index in [-0.39, 0.29) is 0 Å². The van der Waals surface area contributed by atoms with Crippen LogP contribution in [0.15, 0.2) is 22.9 Å². The maximum absolute atomic E-state index is 3.76.